The molecule has 3 aromatic rings. The Hall–Kier alpha value is -3.04. The van der Waals surface area contributed by atoms with Crippen molar-refractivity contribution >= 4 is 38.5 Å². The zero-order valence-corrected chi connectivity index (χ0v) is 23.9. The van der Waals surface area contributed by atoms with Gasteiger partial charge in [-0.1, -0.05) is 0 Å². The molecule has 0 aliphatic carbocycles. The van der Waals surface area contributed by atoms with Gasteiger partial charge < -0.3 is 50.6 Å². The van der Waals surface area contributed by atoms with Crippen LogP contribution in [0.15, 0.2) is 37.2 Å². The predicted octanol–water partition coefficient (Wildman–Crippen LogP) is -2.67. The van der Waals surface area contributed by atoms with Crippen LogP contribution >= 0.6 is 15.6 Å². The SMILES string of the molecule is NC(=O)c1ccc[n+]([C@@H]2O[C@H](COP(=O)([O-])OP(=O)(O)OC[C@H]3O[C@@H](n4cnc5c(N)ncnc54)[C@H](O)[C@@H]3O)[C@@H](O)[C@@H]2F)c1. The van der Waals surface area contributed by atoms with Gasteiger partial charge in [0, 0.05) is 6.07 Å². The molecule has 0 aromatic carbocycles. The van der Waals surface area contributed by atoms with Gasteiger partial charge in [-0.3, -0.25) is 18.5 Å². The van der Waals surface area contributed by atoms with Crippen LogP contribution in [-0.2, 0) is 32.0 Å². The van der Waals surface area contributed by atoms with Gasteiger partial charge in [-0.2, -0.15) is 4.57 Å². The molecule has 2 aliphatic rings. The number of hydrogen-bond donors (Lipinski definition) is 6. The minimum Gasteiger partial charge on any atom is -0.756 e. The first-order valence-electron chi connectivity index (χ1n) is 12.5. The Bertz CT molecular complexity index is 1630. The first-order chi connectivity index (χ1) is 20.7. The Morgan fingerprint density at radius 3 is 2.55 bits per heavy atom. The number of pyridine rings is 1. The molecule has 5 heterocycles. The number of ether oxygens (including phenoxy) is 2. The highest BCUT2D eigenvalue weighted by molar-refractivity contribution is 7.60. The van der Waals surface area contributed by atoms with Crippen LogP contribution in [0.4, 0.5) is 10.2 Å². The van der Waals surface area contributed by atoms with Crippen molar-refractivity contribution in [1.29, 1.82) is 0 Å². The van der Waals surface area contributed by atoms with E-state index in [9.17, 15) is 43.4 Å². The molecule has 5 rings (SSSR count). The average molecular weight is 665 g/mol. The molecule has 44 heavy (non-hydrogen) atoms. The molecule has 0 saturated carbocycles. The van der Waals surface area contributed by atoms with E-state index in [2.05, 4.69) is 28.3 Å². The zero-order valence-electron chi connectivity index (χ0n) is 22.1. The van der Waals surface area contributed by atoms with E-state index in [0.29, 0.717) is 0 Å². The maximum atomic E-state index is 14.7. The summed E-state index contributed by atoms with van der Waals surface area (Å²) in [5, 5.41) is 31.1. The van der Waals surface area contributed by atoms with Crippen molar-refractivity contribution in [2.24, 2.45) is 5.73 Å². The Morgan fingerprint density at radius 1 is 1.11 bits per heavy atom. The summed E-state index contributed by atoms with van der Waals surface area (Å²) < 4.78 is 65.9. The second-order valence-corrected chi connectivity index (χ2v) is 12.6. The first kappa shape index (κ1) is 32.4. The van der Waals surface area contributed by atoms with Crippen molar-refractivity contribution in [2.45, 2.75) is 49.1 Å². The van der Waals surface area contributed by atoms with Gasteiger partial charge in [0.15, 0.2) is 30.1 Å². The third-order valence-electron chi connectivity index (χ3n) is 6.69. The van der Waals surface area contributed by atoms with E-state index < -0.39 is 83.9 Å². The van der Waals surface area contributed by atoms with Gasteiger partial charge in [0.25, 0.3) is 20.0 Å². The van der Waals surface area contributed by atoms with Crippen LogP contribution in [0.5, 0.6) is 0 Å². The molecule has 2 saturated heterocycles. The standard InChI is InChI=1S/C21H26FN7O13P2/c22-12-14(30)10(40-20(12)28-3-1-2-9(4-28)18(24)33)5-38-43(34,35)42-44(36,37)39-6-11-15(31)16(32)21(41-11)29-8-27-13-17(23)25-7-26-19(13)29/h1-4,7-8,10-12,14-16,20-21,30-32H,5-6H2,(H5-,23,24,25,26,33,34,35,36,37)/t10-,11-,12+,14-,15-,16-,20-,21-/m1/s1. The van der Waals surface area contributed by atoms with Crippen LogP contribution in [0.2, 0.25) is 0 Å². The van der Waals surface area contributed by atoms with Crippen LogP contribution in [0, 0.1) is 0 Å². The first-order valence-corrected chi connectivity index (χ1v) is 15.5. The number of nitrogen functional groups attached to an aromatic ring is 1. The number of phosphoric acid groups is 2. The Kier molecular flexibility index (Phi) is 9.11. The number of hydrogen-bond acceptors (Lipinski definition) is 16. The van der Waals surface area contributed by atoms with Crippen molar-refractivity contribution < 1.29 is 70.8 Å². The third kappa shape index (κ3) is 6.64. The van der Waals surface area contributed by atoms with Crippen LogP contribution in [0.25, 0.3) is 11.2 Å². The average Bonchev–Trinajstić information content (AvgIpc) is 3.61. The molecule has 2 fully saturated rings. The maximum absolute atomic E-state index is 14.7. The smallest absolute Gasteiger partial charge is 0.478 e. The summed E-state index contributed by atoms with van der Waals surface area (Å²) >= 11 is 0. The number of nitrogens with two attached hydrogens (primary N) is 2. The van der Waals surface area contributed by atoms with Gasteiger partial charge in [-0.05, 0) is 6.07 Å². The molecule has 2 aliphatic heterocycles. The number of rotatable bonds is 11. The van der Waals surface area contributed by atoms with Gasteiger partial charge in [0.2, 0.25) is 6.17 Å². The lowest BCUT2D eigenvalue weighted by Crippen LogP contribution is -2.45. The third-order valence-corrected chi connectivity index (χ3v) is 9.26. The molecule has 0 spiro atoms. The number of carbonyl (C=O) groups is 1. The van der Waals surface area contributed by atoms with Crippen molar-refractivity contribution in [3.05, 3.63) is 42.7 Å². The largest absolute Gasteiger partial charge is 0.756 e. The predicted molar refractivity (Wildman–Crippen MR) is 136 cm³/mol. The second kappa shape index (κ2) is 12.4. The van der Waals surface area contributed by atoms with Crippen molar-refractivity contribution in [1.82, 2.24) is 19.5 Å². The minimum atomic E-state index is -5.66. The molecule has 8 N–H and O–H groups in total. The molecule has 10 atom stereocenters. The molecular formula is C21H26FN7O13P2. The van der Waals surface area contributed by atoms with Crippen molar-refractivity contribution in [2.75, 3.05) is 18.9 Å². The molecule has 0 radical (unpaired) electrons. The molecule has 0 bridgehead atoms. The number of amides is 1. The quantitative estimate of drug-likeness (QED) is 0.0898. The number of nitrogens with zero attached hydrogens (tertiary/aromatic N) is 5. The molecule has 20 nitrogen and oxygen atoms in total. The molecule has 240 valence electrons. The van der Waals surface area contributed by atoms with Crippen LogP contribution in [0.1, 0.15) is 22.8 Å². The molecule has 2 unspecified atom stereocenters. The van der Waals surface area contributed by atoms with Gasteiger partial charge in [-0.15, -0.1) is 0 Å². The summed E-state index contributed by atoms with van der Waals surface area (Å²) in [5.41, 5.74) is 11.3. The monoisotopic (exact) mass is 665 g/mol. The highest BCUT2D eigenvalue weighted by Gasteiger charge is 2.50. The fourth-order valence-electron chi connectivity index (χ4n) is 4.54. The minimum absolute atomic E-state index is 0.00386. The van der Waals surface area contributed by atoms with Crippen LogP contribution in [0.3, 0.4) is 0 Å². The highest BCUT2D eigenvalue weighted by Crippen LogP contribution is 2.58. The van der Waals surface area contributed by atoms with Crippen molar-refractivity contribution in [3.8, 4) is 0 Å². The summed E-state index contributed by atoms with van der Waals surface area (Å²) in [6.07, 6.45) is -8.34. The number of anilines is 1. The van der Waals surface area contributed by atoms with Gasteiger partial charge in [0.05, 0.1) is 19.5 Å². The number of alkyl halides is 1. The number of imidazole rings is 1. The number of halogens is 1. The molecule has 23 heteroatoms. The van der Waals surface area contributed by atoms with Crippen LogP contribution in [-0.4, -0.2) is 95.5 Å². The highest BCUT2D eigenvalue weighted by atomic mass is 31.3. The molecule has 1 amide bonds. The van der Waals surface area contributed by atoms with Gasteiger partial charge in [0.1, 0.15) is 47.9 Å². The Balaban J connectivity index is 1.16. The summed E-state index contributed by atoms with van der Waals surface area (Å²) in [4.78, 5) is 45.4. The number of primary amides is 1. The zero-order chi connectivity index (χ0) is 32.0. The fourth-order valence-corrected chi connectivity index (χ4v) is 6.59. The summed E-state index contributed by atoms with van der Waals surface area (Å²) in [5.74, 6) is -0.776. The number of aromatic nitrogens is 5. The maximum Gasteiger partial charge on any atom is 0.478 e. The lowest BCUT2D eigenvalue weighted by atomic mass is 10.1. The lowest BCUT2D eigenvalue weighted by molar-refractivity contribution is -0.764. The number of phosphoric ester groups is 2. The van der Waals surface area contributed by atoms with Crippen LogP contribution < -0.4 is 20.9 Å². The topological polar surface area (TPSA) is 301 Å². The number of fused-ring (bicyclic) bond motifs is 1. The summed E-state index contributed by atoms with van der Waals surface area (Å²) in [6, 6.07) is 2.72. The van der Waals surface area contributed by atoms with E-state index in [-0.39, 0.29) is 22.5 Å². The number of aliphatic hydroxyl groups is 3. The summed E-state index contributed by atoms with van der Waals surface area (Å²) in [7, 11) is -11.1. The van der Waals surface area contributed by atoms with E-state index in [1.165, 1.54) is 29.2 Å². The lowest BCUT2D eigenvalue weighted by Gasteiger charge is -2.26. The van der Waals surface area contributed by atoms with Gasteiger partial charge >= 0.3 is 7.82 Å². The molecule has 3 aromatic heterocycles. The number of carbonyl (C=O) groups excluding carboxylic acids is 1. The second-order valence-electron chi connectivity index (χ2n) is 9.62. The van der Waals surface area contributed by atoms with Gasteiger partial charge in [-0.25, -0.2) is 28.2 Å². The Morgan fingerprint density at radius 2 is 1.82 bits per heavy atom. The van der Waals surface area contributed by atoms with Crippen molar-refractivity contribution in [3.63, 3.8) is 0 Å². The van der Waals surface area contributed by atoms with E-state index >= 15 is 0 Å². The normalized spacial score (nSPS) is 31.6. The van der Waals surface area contributed by atoms with E-state index in [0.717, 1.165) is 17.1 Å². The summed E-state index contributed by atoms with van der Waals surface area (Å²) in [6.45, 7) is -1.98. The Labute approximate surface area is 245 Å². The van der Waals surface area contributed by atoms with E-state index in [1.54, 1.807) is 0 Å². The number of aliphatic hydroxyl groups excluding tert-OH is 3. The fraction of sp³-hybridized carbons (Fsp3) is 0.476. The van der Waals surface area contributed by atoms with E-state index in [4.69, 9.17) is 20.9 Å². The molecular weight excluding hydrogens is 639 g/mol. The van der Waals surface area contributed by atoms with E-state index in [1.807, 2.05) is 0 Å².